The van der Waals surface area contributed by atoms with Crippen molar-refractivity contribution in [3.8, 4) is 6.07 Å². The number of anilines is 1. The molecule has 0 radical (unpaired) electrons. The van der Waals surface area contributed by atoms with Gasteiger partial charge in [0.2, 0.25) is 0 Å². The molecule has 2 aromatic rings. The summed E-state index contributed by atoms with van der Waals surface area (Å²) in [5.74, 6) is -0.616. The Morgan fingerprint density at radius 1 is 1.11 bits per heavy atom. The zero-order chi connectivity index (χ0) is 19.8. The van der Waals surface area contributed by atoms with E-state index in [2.05, 4.69) is 6.07 Å². The van der Waals surface area contributed by atoms with Crippen molar-refractivity contribution in [3.63, 3.8) is 0 Å². The fourth-order valence-electron chi connectivity index (χ4n) is 3.96. The lowest BCUT2D eigenvalue weighted by Crippen LogP contribution is -2.38. The molecule has 0 spiro atoms. The Hall–Kier alpha value is -3.10. The fourth-order valence-corrected chi connectivity index (χ4v) is 4.09. The highest BCUT2D eigenvalue weighted by atomic mass is 35.5. The summed E-state index contributed by atoms with van der Waals surface area (Å²) in [6.07, 6.45) is 1.79. The Labute approximate surface area is 167 Å². The molecule has 2 aliphatic rings. The van der Waals surface area contributed by atoms with E-state index in [0.717, 1.165) is 11.3 Å². The van der Waals surface area contributed by atoms with E-state index < -0.39 is 5.92 Å². The van der Waals surface area contributed by atoms with Crippen molar-refractivity contribution in [1.82, 2.24) is 0 Å². The first-order valence-corrected chi connectivity index (χ1v) is 9.36. The number of nitriles is 1. The molecule has 0 saturated carbocycles. The van der Waals surface area contributed by atoms with Crippen molar-refractivity contribution < 1.29 is 9.18 Å². The number of carbonyl (C=O) groups is 1. The zero-order valence-electron chi connectivity index (χ0n) is 15.0. The molecule has 2 aromatic carbocycles. The molecule has 1 aliphatic carbocycles. The van der Waals surface area contributed by atoms with Gasteiger partial charge in [-0.3, -0.25) is 9.69 Å². The number of hydrogen-bond donors (Lipinski definition) is 1. The SMILES string of the molecule is N#CC1=C(N)N(c2ccc(F)cc2)C2=C(C(=O)CCC2)C1c1ccc(Cl)cc1. The molecule has 4 nitrogen and oxygen atoms in total. The largest absolute Gasteiger partial charge is 0.384 e. The first-order valence-electron chi connectivity index (χ1n) is 8.98. The Balaban J connectivity index is 1.95. The maximum absolute atomic E-state index is 13.4. The van der Waals surface area contributed by atoms with Gasteiger partial charge in [0.15, 0.2) is 5.78 Å². The molecular weight excluding hydrogens is 377 g/mol. The third kappa shape index (κ3) is 2.96. The normalized spacial score (nSPS) is 19.5. The van der Waals surface area contributed by atoms with E-state index in [4.69, 9.17) is 17.3 Å². The number of nitrogens with two attached hydrogens (primary N) is 1. The maximum atomic E-state index is 13.4. The van der Waals surface area contributed by atoms with Gasteiger partial charge in [-0.25, -0.2) is 4.39 Å². The van der Waals surface area contributed by atoms with Crippen LogP contribution >= 0.6 is 11.6 Å². The van der Waals surface area contributed by atoms with E-state index in [1.54, 1.807) is 29.2 Å². The molecule has 1 aliphatic heterocycles. The highest BCUT2D eigenvalue weighted by Gasteiger charge is 2.40. The monoisotopic (exact) mass is 393 g/mol. The predicted molar refractivity (Wildman–Crippen MR) is 106 cm³/mol. The van der Waals surface area contributed by atoms with Crippen LogP contribution < -0.4 is 10.6 Å². The van der Waals surface area contributed by atoms with Gasteiger partial charge in [-0.15, -0.1) is 0 Å². The number of Topliss-reactive ketones (excluding diaryl/α,β-unsaturated/α-hetero) is 1. The Morgan fingerprint density at radius 3 is 2.43 bits per heavy atom. The molecule has 0 fully saturated rings. The molecule has 1 atom stereocenters. The molecule has 0 aromatic heterocycles. The van der Waals surface area contributed by atoms with Crippen LogP contribution in [0.3, 0.4) is 0 Å². The Morgan fingerprint density at radius 2 is 1.79 bits per heavy atom. The second-order valence-electron chi connectivity index (χ2n) is 6.84. The van der Waals surface area contributed by atoms with E-state index in [0.29, 0.717) is 41.1 Å². The van der Waals surface area contributed by atoms with Crippen LogP contribution in [0.5, 0.6) is 0 Å². The number of ketones is 1. The predicted octanol–water partition coefficient (Wildman–Crippen LogP) is 4.78. The van der Waals surface area contributed by atoms with Gasteiger partial charge in [-0.05, 0) is 54.8 Å². The molecule has 0 saturated heterocycles. The van der Waals surface area contributed by atoms with E-state index >= 15 is 0 Å². The lowest BCUT2D eigenvalue weighted by molar-refractivity contribution is -0.116. The van der Waals surface area contributed by atoms with Crippen LogP contribution in [-0.2, 0) is 4.79 Å². The summed E-state index contributed by atoms with van der Waals surface area (Å²) in [6, 6.07) is 15.2. The van der Waals surface area contributed by atoms with Crippen molar-refractivity contribution in [3.05, 3.63) is 87.6 Å². The minimum atomic E-state index is -0.526. The van der Waals surface area contributed by atoms with Crippen molar-refractivity contribution in [2.75, 3.05) is 4.90 Å². The number of halogens is 2. The summed E-state index contributed by atoms with van der Waals surface area (Å²) in [5.41, 5.74) is 9.53. The summed E-state index contributed by atoms with van der Waals surface area (Å²) >= 11 is 6.01. The number of benzene rings is 2. The summed E-state index contributed by atoms with van der Waals surface area (Å²) in [7, 11) is 0. The van der Waals surface area contributed by atoms with Crippen LogP contribution in [-0.4, -0.2) is 5.78 Å². The minimum Gasteiger partial charge on any atom is -0.384 e. The highest BCUT2D eigenvalue weighted by Crippen LogP contribution is 2.46. The summed E-state index contributed by atoms with van der Waals surface area (Å²) in [6.45, 7) is 0. The van der Waals surface area contributed by atoms with Crippen LogP contribution in [0.15, 0.2) is 71.2 Å². The standard InChI is InChI=1S/C22H17ClFN3O/c23-14-6-4-13(5-7-14)20-17(12-25)22(26)27(16-10-8-15(24)9-11-16)18-2-1-3-19(28)21(18)20/h4-11,20H,1-3,26H2. The number of carbonyl (C=O) groups excluding carboxylic acids is 1. The number of hydrogen-bond acceptors (Lipinski definition) is 4. The topological polar surface area (TPSA) is 70.1 Å². The van der Waals surface area contributed by atoms with Gasteiger partial charge in [0, 0.05) is 28.4 Å². The third-order valence-corrected chi connectivity index (χ3v) is 5.45. The molecule has 28 heavy (non-hydrogen) atoms. The van der Waals surface area contributed by atoms with E-state index in [-0.39, 0.29) is 17.4 Å². The van der Waals surface area contributed by atoms with Crippen molar-refractivity contribution >= 4 is 23.1 Å². The molecule has 0 amide bonds. The van der Waals surface area contributed by atoms with Gasteiger partial charge in [0.25, 0.3) is 0 Å². The van der Waals surface area contributed by atoms with Crippen LogP contribution in [0.1, 0.15) is 30.7 Å². The number of allylic oxidation sites excluding steroid dienone is 3. The van der Waals surface area contributed by atoms with Crippen LogP contribution in [0.25, 0.3) is 0 Å². The van der Waals surface area contributed by atoms with Crippen LogP contribution in [0.2, 0.25) is 5.02 Å². The first kappa shape index (κ1) is 18.3. The van der Waals surface area contributed by atoms with E-state index in [9.17, 15) is 14.4 Å². The average molecular weight is 394 g/mol. The molecule has 1 heterocycles. The van der Waals surface area contributed by atoms with Crippen molar-refractivity contribution in [2.45, 2.75) is 25.2 Å². The molecule has 1 unspecified atom stereocenters. The van der Waals surface area contributed by atoms with Gasteiger partial charge in [-0.1, -0.05) is 23.7 Å². The Kier molecular flexibility index (Phi) is 4.66. The lowest BCUT2D eigenvalue weighted by atomic mass is 9.75. The molecular formula is C22H17ClFN3O. The van der Waals surface area contributed by atoms with E-state index in [1.165, 1.54) is 12.1 Å². The Bertz CT molecular complexity index is 1050. The molecule has 0 bridgehead atoms. The van der Waals surface area contributed by atoms with E-state index in [1.807, 2.05) is 12.1 Å². The van der Waals surface area contributed by atoms with Crippen molar-refractivity contribution in [1.29, 1.82) is 5.26 Å². The second kappa shape index (κ2) is 7.14. The summed E-state index contributed by atoms with van der Waals surface area (Å²) in [4.78, 5) is 14.7. The fraction of sp³-hybridized carbons (Fsp3) is 0.182. The van der Waals surface area contributed by atoms with Gasteiger partial charge < -0.3 is 5.73 Å². The molecule has 6 heteroatoms. The lowest BCUT2D eigenvalue weighted by Gasteiger charge is -2.39. The van der Waals surface area contributed by atoms with Gasteiger partial charge >= 0.3 is 0 Å². The minimum absolute atomic E-state index is 0.00793. The molecule has 4 rings (SSSR count). The summed E-state index contributed by atoms with van der Waals surface area (Å²) < 4.78 is 13.4. The molecule has 140 valence electrons. The highest BCUT2D eigenvalue weighted by molar-refractivity contribution is 6.30. The smallest absolute Gasteiger partial charge is 0.161 e. The van der Waals surface area contributed by atoms with Gasteiger partial charge in [0.05, 0.1) is 17.6 Å². The second-order valence-corrected chi connectivity index (χ2v) is 7.28. The van der Waals surface area contributed by atoms with Crippen LogP contribution in [0.4, 0.5) is 10.1 Å². The number of rotatable bonds is 2. The van der Waals surface area contributed by atoms with Crippen LogP contribution in [0, 0.1) is 17.1 Å². The van der Waals surface area contributed by atoms with Crippen molar-refractivity contribution in [2.24, 2.45) is 5.73 Å². The zero-order valence-corrected chi connectivity index (χ0v) is 15.7. The molecule has 2 N–H and O–H groups in total. The van der Waals surface area contributed by atoms with Gasteiger partial charge in [-0.2, -0.15) is 5.26 Å². The summed E-state index contributed by atoms with van der Waals surface area (Å²) in [5, 5.41) is 10.5. The maximum Gasteiger partial charge on any atom is 0.161 e. The van der Waals surface area contributed by atoms with Gasteiger partial charge in [0.1, 0.15) is 11.6 Å². The first-order chi connectivity index (χ1) is 13.5. The quantitative estimate of drug-likeness (QED) is 0.796. The third-order valence-electron chi connectivity index (χ3n) is 5.20. The number of nitrogens with zero attached hydrogens (tertiary/aromatic N) is 2. The average Bonchev–Trinajstić information content (AvgIpc) is 2.69.